The number of fused-ring (bicyclic) bond motifs is 1. The van der Waals surface area contributed by atoms with Crippen LogP contribution in [-0.2, 0) is 43.3 Å². The van der Waals surface area contributed by atoms with E-state index in [2.05, 4.69) is 26.0 Å². The summed E-state index contributed by atoms with van der Waals surface area (Å²) >= 11 is 0. The molecular formula is C40H55N7O5. The Labute approximate surface area is 307 Å². The summed E-state index contributed by atoms with van der Waals surface area (Å²) in [6.07, 6.45) is 9.09. The average molecular weight is 714 g/mol. The van der Waals surface area contributed by atoms with Gasteiger partial charge in [-0.3, -0.25) is 19.2 Å². The topological polar surface area (TPSA) is 192 Å². The molecule has 0 bridgehead atoms. The van der Waals surface area contributed by atoms with E-state index < -0.39 is 47.5 Å². The monoisotopic (exact) mass is 713 g/mol. The second-order valence-corrected chi connectivity index (χ2v) is 15.5. The number of carbonyl (C=O) groups is 4. The number of carbonyl (C=O) groups excluding carboxylic acids is 4. The molecule has 5 N–H and O–H groups in total. The van der Waals surface area contributed by atoms with Crippen molar-refractivity contribution in [1.82, 2.24) is 16.0 Å². The Morgan fingerprint density at radius 2 is 1.48 bits per heavy atom. The summed E-state index contributed by atoms with van der Waals surface area (Å²) in [4.78, 5) is 58.5. The van der Waals surface area contributed by atoms with Gasteiger partial charge in [-0.1, -0.05) is 112 Å². The molecule has 3 aliphatic rings. The zero-order valence-corrected chi connectivity index (χ0v) is 30.8. The summed E-state index contributed by atoms with van der Waals surface area (Å²) in [5, 5.41) is 12.5. The molecule has 8 atom stereocenters. The second-order valence-electron chi connectivity index (χ2n) is 15.5. The fraction of sp³-hybridized carbons (Fsp3) is 0.600. The van der Waals surface area contributed by atoms with E-state index in [0.29, 0.717) is 37.3 Å². The number of rotatable bonds is 17. The average Bonchev–Trinajstić information content (AvgIpc) is 3.91. The van der Waals surface area contributed by atoms with Crippen molar-refractivity contribution in [3.05, 3.63) is 81.7 Å². The van der Waals surface area contributed by atoms with Gasteiger partial charge in [0, 0.05) is 17.9 Å². The molecule has 5 rings (SSSR count). The lowest BCUT2D eigenvalue weighted by Crippen LogP contribution is -2.59. The molecule has 3 fully saturated rings. The molecule has 2 aliphatic carbocycles. The number of Topliss-reactive ketones (excluding diaryl/α,β-unsaturated/α-hetero) is 1. The third kappa shape index (κ3) is 10.2. The van der Waals surface area contributed by atoms with Gasteiger partial charge in [-0.15, -0.1) is 0 Å². The summed E-state index contributed by atoms with van der Waals surface area (Å²) in [7, 11) is 0. The quantitative estimate of drug-likeness (QED) is 0.0765. The molecule has 3 unspecified atom stereocenters. The maximum absolute atomic E-state index is 14.1. The number of epoxide rings is 1. The summed E-state index contributed by atoms with van der Waals surface area (Å²) < 4.78 is 5.55. The Hall–Kier alpha value is -4.25. The fourth-order valence-electron chi connectivity index (χ4n) is 8.18. The van der Waals surface area contributed by atoms with Crippen LogP contribution < -0.4 is 21.7 Å². The van der Waals surface area contributed by atoms with Gasteiger partial charge < -0.3 is 26.4 Å². The number of nitrogens with two attached hydrogens (primary N) is 1. The lowest BCUT2D eigenvalue weighted by Gasteiger charge is -2.42. The van der Waals surface area contributed by atoms with Crippen LogP contribution >= 0.6 is 0 Å². The van der Waals surface area contributed by atoms with E-state index in [4.69, 9.17) is 10.5 Å². The van der Waals surface area contributed by atoms with Gasteiger partial charge in [-0.05, 0) is 72.1 Å². The van der Waals surface area contributed by atoms with Crippen molar-refractivity contribution < 1.29 is 23.9 Å². The number of nitrogens with one attached hydrogen (secondary N) is 3. The van der Waals surface area contributed by atoms with Crippen LogP contribution in [0.25, 0.3) is 10.4 Å². The number of ketones is 1. The number of benzene rings is 2. The first kappa shape index (κ1) is 39.0. The Morgan fingerprint density at radius 3 is 2.13 bits per heavy atom. The zero-order chi connectivity index (χ0) is 37.3. The highest BCUT2D eigenvalue weighted by Crippen LogP contribution is 2.46. The lowest BCUT2D eigenvalue weighted by molar-refractivity contribution is -0.135. The molecule has 12 heteroatoms. The molecule has 2 saturated carbocycles. The van der Waals surface area contributed by atoms with E-state index in [1.54, 1.807) is 6.92 Å². The van der Waals surface area contributed by atoms with Crippen LogP contribution in [0.4, 0.5) is 0 Å². The predicted molar refractivity (Wildman–Crippen MR) is 199 cm³/mol. The summed E-state index contributed by atoms with van der Waals surface area (Å²) in [6, 6.07) is 12.7. The minimum atomic E-state index is -1.10. The minimum absolute atomic E-state index is 0.115. The van der Waals surface area contributed by atoms with Crippen molar-refractivity contribution in [2.24, 2.45) is 34.5 Å². The number of azide groups is 1. The van der Waals surface area contributed by atoms with Gasteiger partial charge >= 0.3 is 0 Å². The number of nitrogens with zero attached hydrogens (tertiary/aromatic N) is 3. The number of hydrogen-bond acceptors (Lipinski definition) is 7. The van der Waals surface area contributed by atoms with E-state index in [9.17, 15) is 24.7 Å². The number of ether oxygens (including phenoxy) is 1. The molecule has 0 spiro atoms. The van der Waals surface area contributed by atoms with Gasteiger partial charge in [0.15, 0.2) is 5.78 Å². The van der Waals surface area contributed by atoms with Gasteiger partial charge in [0.2, 0.25) is 17.7 Å². The predicted octanol–water partition coefficient (Wildman–Crippen LogP) is 5.07. The van der Waals surface area contributed by atoms with E-state index in [1.807, 2.05) is 68.4 Å². The molecule has 1 saturated heterocycles. The Kier molecular flexibility index (Phi) is 13.5. The normalized spacial score (nSPS) is 24.6. The van der Waals surface area contributed by atoms with Gasteiger partial charge in [0.25, 0.3) is 0 Å². The first-order chi connectivity index (χ1) is 25.0. The molecule has 3 amide bonds. The zero-order valence-electron chi connectivity index (χ0n) is 30.8. The molecular weight excluding hydrogens is 658 g/mol. The lowest BCUT2D eigenvalue weighted by atomic mass is 9.64. The molecule has 1 aliphatic heterocycles. The van der Waals surface area contributed by atoms with E-state index in [1.165, 1.54) is 25.7 Å². The van der Waals surface area contributed by atoms with Crippen LogP contribution in [0.2, 0.25) is 0 Å². The third-order valence-corrected chi connectivity index (χ3v) is 11.3. The van der Waals surface area contributed by atoms with Crippen LogP contribution in [0.15, 0.2) is 59.7 Å². The van der Waals surface area contributed by atoms with E-state index >= 15 is 0 Å². The molecule has 1 heterocycles. The van der Waals surface area contributed by atoms with Crippen LogP contribution in [0, 0.1) is 23.7 Å². The molecule has 2 aromatic rings. The van der Waals surface area contributed by atoms with Crippen LogP contribution in [0.1, 0.15) is 88.8 Å². The second kappa shape index (κ2) is 18.0. The number of hydrogen-bond donors (Lipinski definition) is 4. The van der Waals surface area contributed by atoms with Crippen LogP contribution in [0.3, 0.4) is 0 Å². The molecule has 52 heavy (non-hydrogen) atoms. The van der Waals surface area contributed by atoms with Gasteiger partial charge in [0.05, 0.1) is 12.6 Å². The molecule has 12 nitrogen and oxygen atoms in total. The molecule has 0 radical (unpaired) electrons. The van der Waals surface area contributed by atoms with Crippen LogP contribution in [0.5, 0.6) is 0 Å². The SMILES string of the molecule is CC(C)[C@H](NC(=O)[C@H](Cc1ccc(CN)cc1)NC(=O)[C@H](Cc1ccccc1)N=[N+]=[N-])C(=O)N[C@@H](CC1CCCC2CCCCC21)C(=O)[C@@]1(C)CO1. The van der Waals surface area contributed by atoms with Crippen LogP contribution in [-0.4, -0.2) is 59.9 Å². The highest BCUT2D eigenvalue weighted by Gasteiger charge is 2.51. The van der Waals surface area contributed by atoms with Crippen molar-refractivity contribution in [3.63, 3.8) is 0 Å². The molecule has 2 aromatic carbocycles. The van der Waals surface area contributed by atoms with Gasteiger partial charge in [-0.25, -0.2) is 0 Å². The first-order valence-electron chi connectivity index (χ1n) is 19.0. The van der Waals surface area contributed by atoms with Gasteiger partial charge in [-0.2, -0.15) is 0 Å². The highest BCUT2D eigenvalue weighted by molar-refractivity contribution is 5.98. The number of amides is 3. The first-order valence-corrected chi connectivity index (χ1v) is 19.0. The van der Waals surface area contributed by atoms with E-state index in [-0.39, 0.29) is 24.5 Å². The van der Waals surface area contributed by atoms with Crippen molar-refractivity contribution in [2.45, 2.75) is 121 Å². The maximum atomic E-state index is 14.1. The standard InChI is InChI=1S/C40H55N7O5/c1-25(2)35(39(51)43-32(36(48)40(3)24-52-40)22-30-14-9-13-29-12-7-8-15-31(29)30)45-37(49)33(20-27-16-18-28(23-41)19-17-27)44-38(50)34(46-47-42)21-26-10-5-4-6-11-26/h4-6,10-11,16-19,25,29-35H,7-9,12-15,20-24,41H2,1-3H3,(H,43,51)(H,44,50)(H,45,49)/t29?,30?,31?,32-,33-,34-,35-,40+/m0/s1. The Morgan fingerprint density at radius 1 is 0.846 bits per heavy atom. The molecule has 280 valence electrons. The Bertz CT molecular complexity index is 1590. The summed E-state index contributed by atoms with van der Waals surface area (Å²) in [5.74, 6) is -0.504. The maximum Gasteiger partial charge on any atom is 0.243 e. The van der Waals surface area contributed by atoms with Gasteiger partial charge in [0.1, 0.15) is 23.7 Å². The summed E-state index contributed by atoms with van der Waals surface area (Å²) in [5.41, 5.74) is 16.6. The smallest absolute Gasteiger partial charge is 0.243 e. The Balaban J connectivity index is 1.33. The highest BCUT2D eigenvalue weighted by atomic mass is 16.6. The largest absolute Gasteiger partial charge is 0.361 e. The van der Waals surface area contributed by atoms with Crippen molar-refractivity contribution in [1.29, 1.82) is 0 Å². The third-order valence-electron chi connectivity index (χ3n) is 11.3. The minimum Gasteiger partial charge on any atom is -0.361 e. The fourth-order valence-corrected chi connectivity index (χ4v) is 8.18. The van der Waals surface area contributed by atoms with Crippen molar-refractivity contribution in [2.75, 3.05) is 6.61 Å². The summed E-state index contributed by atoms with van der Waals surface area (Å²) in [6.45, 7) is 6.12. The van der Waals surface area contributed by atoms with Crippen molar-refractivity contribution >= 4 is 23.5 Å². The molecule has 0 aromatic heterocycles. The van der Waals surface area contributed by atoms with Crippen molar-refractivity contribution in [3.8, 4) is 0 Å². The van der Waals surface area contributed by atoms with E-state index in [0.717, 1.165) is 36.0 Å².